The van der Waals surface area contributed by atoms with Gasteiger partial charge in [-0.3, -0.25) is 0 Å². The molecule has 0 saturated heterocycles. The zero-order valence-corrected chi connectivity index (χ0v) is 10.4. The van der Waals surface area contributed by atoms with E-state index in [0.717, 1.165) is 21.2 Å². The number of rotatable bonds is 2. The van der Waals surface area contributed by atoms with Crippen LogP contribution in [0.15, 0.2) is 54.6 Å². The minimum Gasteiger partial charge on any atom is -0.423 e. The number of benzene rings is 2. The fourth-order valence-electron chi connectivity index (χ4n) is 2.00. The Labute approximate surface area is 109 Å². The lowest BCUT2D eigenvalue weighted by atomic mass is 9.89. The molecule has 0 bridgehead atoms. The van der Waals surface area contributed by atoms with Crippen molar-refractivity contribution >= 4 is 33.3 Å². The number of thiophene rings is 1. The van der Waals surface area contributed by atoms with Crippen molar-refractivity contribution in [1.82, 2.24) is 0 Å². The van der Waals surface area contributed by atoms with Crippen LogP contribution in [-0.2, 0) is 0 Å². The smallest absolute Gasteiger partial charge is 0.423 e. The molecule has 2 aromatic carbocycles. The Balaban J connectivity index is 2.11. The Bertz CT molecular complexity index is 677. The molecule has 1 heterocycles. The van der Waals surface area contributed by atoms with Crippen molar-refractivity contribution in [2.75, 3.05) is 0 Å². The predicted molar refractivity (Wildman–Crippen MR) is 77.1 cm³/mol. The highest BCUT2D eigenvalue weighted by Crippen LogP contribution is 2.26. The molecule has 2 nitrogen and oxygen atoms in total. The second kappa shape index (κ2) is 4.57. The zero-order valence-electron chi connectivity index (χ0n) is 9.58. The summed E-state index contributed by atoms with van der Waals surface area (Å²) in [6.45, 7) is 0. The van der Waals surface area contributed by atoms with E-state index in [-0.39, 0.29) is 0 Å². The quantitative estimate of drug-likeness (QED) is 0.688. The third-order valence-corrected chi connectivity index (χ3v) is 4.05. The Hall–Kier alpha value is -1.62. The summed E-state index contributed by atoms with van der Waals surface area (Å²) in [6.07, 6.45) is 0. The Morgan fingerprint density at radius 1 is 0.833 bits per heavy atom. The van der Waals surface area contributed by atoms with Crippen molar-refractivity contribution < 1.29 is 10.0 Å². The first kappa shape index (κ1) is 11.5. The van der Waals surface area contributed by atoms with Crippen LogP contribution in [0.2, 0.25) is 0 Å². The lowest BCUT2D eigenvalue weighted by Crippen LogP contribution is -2.26. The van der Waals surface area contributed by atoms with Gasteiger partial charge in [0.15, 0.2) is 0 Å². The third kappa shape index (κ3) is 2.06. The van der Waals surface area contributed by atoms with E-state index in [2.05, 4.69) is 24.3 Å². The maximum absolute atomic E-state index is 9.18. The standard InChI is InChI=1S/C14H11BO2S/c16-15(17)14-9-12-8-11(6-7-13(12)18-14)10-4-2-1-3-5-10/h1-9,16-17H. The van der Waals surface area contributed by atoms with Gasteiger partial charge in [0.25, 0.3) is 0 Å². The van der Waals surface area contributed by atoms with Crippen LogP contribution in [0.5, 0.6) is 0 Å². The second-order valence-electron chi connectivity index (χ2n) is 4.14. The maximum Gasteiger partial charge on any atom is 0.499 e. The van der Waals surface area contributed by atoms with Gasteiger partial charge < -0.3 is 10.0 Å². The van der Waals surface area contributed by atoms with Gasteiger partial charge in [0, 0.05) is 9.48 Å². The predicted octanol–water partition coefficient (Wildman–Crippen LogP) is 2.25. The molecule has 0 unspecified atom stereocenters. The summed E-state index contributed by atoms with van der Waals surface area (Å²) in [6, 6.07) is 18.1. The summed E-state index contributed by atoms with van der Waals surface area (Å²) >= 11 is 1.41. The van der Waals surface area contributed by atoms with Crippen molar-refractivity contribution in [3.8, 4) is 11.1 Å². The molecule has 0 aliphatic rings. The molecule has 2 N–H and O–H groups in total. The van der Waals surface area contributed by atoms with Crippen LogP contribution in [0, 0.1) is 0 Å². The summed E-state index contributed by atoms with van der Waals surface area (Å²) in [7, 11) is -1.39. The first-order valence-electron chi connectivity index (χ1n) is 5.69. The van der Waals surface area contributed by atoms with Crippen molar-refractivity contribution in [2.24, 2.45) is 0 Å². The lowest BCUT2D eigenvalue weighted by molar-refractivity contribution is 0.427. The van der Waals surface area contributed by atoms with Crippen molar-refractivity contribution in [2.45, 2.75) is 0 Å². The number of hydrogen-bond acceptors (Lipinski definition) is 3. The molecule has 4 heteroatoms. The summed E-state index contributed by atoms with van der Waals surface area (Å²) in [5, 5.41) is 19.4. The molecular formula is C14H11BO2S. The number of fused-ring (bicyclic) bond motifs is 1. The highest BCUT2D eigenvalue weighted by Gasteiger charge is 2.14. The fourth-order valence-corrected chi connectivity index (χ4v) is 2.92. The molecule has 0 fully saturated rings. The second-order valence-corrected chi connectivity index (χ2v) is 5.26. The summed E-state index contributed by atoms with van der Waals surface area (Å²) in [5.41, 5.74) is 2.30. The topological polar surface area (TPSA) is 40.5 Å². The van der Waals surface area contributed by atoms with E-state index in [1.54, 1.807) is 0 Å². The van der Waals surface area contributed by atoms with Crippen LogP contribution in [-0.4, -0.2) is 17.2 Å². The molecule has 0 aliphatic heterocycles. The van der Waals surface area contributed by atoms with Crippen LogP contribution in [0.4, 0.5) is 0 Å². The van der Waals surface area contributed by atoms with Gasteiger partial charge in [-0.1, -0.05) is 36.4 Å². The molecule has 0 atom stereocenters. The highest BCUT2D eigenvalue weighted by atomic mass is 32.1. The lowest BCUT2D eigenvalue weighted by Gasteiger charge is -2.00. The Kier molecular flexibility index (Phi) is 2.92. The monoisotopic (exact) mass is 254 g/mol. The fraction of sp³-hybridized carbons (Fsp3) is 0. The van der Waals surface area contributed by atoms with Crippen LogP contribution in [0.3, 0.4) is 0 Å². The zero-order chi connectivity index (χ0) is 12.5. The number of hydrogen-bond donors (Lipinski definition) is 2. The van der Waals surface area contributed by atoms with Gasteiger partial charge in [-0.2, -0.15) is 0 Å². The molecule has 3 rings (SSSR count). The molecule has 18 heavy (non-hydrogen) atoms. The van der Waals surface area contributed by atoms with Gasteiger partial charge in [-0.15, -0.1) is 11.3 Å². The minimum atomic E-state index is -1.39. The minimum absolute atomic E-state index is 0.579. The molecular weight excluding hydrogens is 243 g/mol. The molecule has 0 radical (unpaired) electrons. The van der Waals surface area contributed by atoms with Crippen LogP contribution < -0.4 is 4.78 Å². The van der Waals surface area contributed by atoms with E-state index in [4.69, 9.17) is 0 Å². The van der Waals surface area contributed by atoms with E-state index in [1.807, 2.05) is 30.3 Å². The van der Waals surface area contributed by atoms with E-state index in [1.165, 1.54) is 11.3 Å². The van der Waals surface area contributed by atoms with Crippen LogP contribution in [0.1, 0.15) is 0 Å². The molecule has 1 aromatic heterocycles. The van der Waals surface area contributed by atoms with Gasteiger partial charge >= 0.3 is 7.12 Å². The molecule has 0 amide bonds. The third-order valence-electron chi connectivity index (χ3n) is 2.90. The maximum atomic E-state index is 9.18. The van der Waals surface area contributed by atoms with E-state index in [9.17, 15) is 10.0 Å². The first-order valence-corrected chi connectivity index (χ1v) is 6.51. The van der Waals surface area contributed by atoms with Gasteiger partial charge in [0.1, 0.15) is 0 Å². The molecule has 3 aromatic rings. The van der Waals surface area contributed by atoms with E-state index < -0.39 is 7.12 Å². The summed E-state index contributed by atoms with van der Waals surface area (Å²) < 4.78 is 1.65. The summed E-state index contributed by atoms with van der Waals surface area (Å²) in [5.74, 6) is 0. The highest BCUT2D eigenvalue weighted by molar-refractivity contribution is 7.27. The van der Waals surface area contributed by atoms with E-state index in [0.29, 0.717) is 4.78 Å². The van der Waals surface area contributed by atoms with Crippen LogP contribution in [0.25, 0.3) is 21.2 Å². The SMILES string of the molecule is OB(O)c1cc2cc(-c3ccccc3)ccc2s1. The Morgan fingerprint density at radius 2 is 1.61 bits per heavy atom. The van der Waals surface area contributed by atoms with Crippen molar-refractivity contribution in [3.63, 3.8) is 0 Å². The molecule has 0 aliphatic carbocycles. The largest absolute Gasteiger partial charge is 0.499 e. The van der Waals surface area contributed by atoms with Gasteiger partial charge in [-0.25, -0.2) is 0 Å². The van der Waals surface area contributed by atoms with E-state index >= 15 is 0 Å². The van der Waals surface area contributed by atoms with Crippen molar-refractivity contribution in [1.29, 1.82) is 0 Å². The first-order chi connectivity index (χ1) is 8.74. The normalized spacial score (nSPS) is 10.8. The van der Waals surface area contributed by atoms with Crippen molar-refractivity contribution in [3.05, 3.63) is 54.6 Å². The molecule has 0 spiro atoms. The summed E-state index contributed by atoms with van der Waals surface area (Å²) in [4.78, 5) is 0. The van der Waals surface area contributed by atoms with Gasteiger partial charge in [-0.05, 0) is 34.7 Å². The van der Waals surface area contributed by atoms with Crippen LogP contribution >= 0.6 is 11.3 Å². The molecule has 0 saturated carbocycles. The van der Waals surface area contributed by atoms with Gasteiger partial charge in [0.05, 0.1) is 0 Å². The van der Waals surface area contributed by atoms with Gasteiger partial charge in [0.2, 0.25) is 0 Å². The average molecular weight is 254 g/mol. The average Bonchev–Trinajstić information content (AvgIpc) is 2.82. The Morgan fingerprint density at radius 3 is 2.33 bits per heavy atom. The molecule has 88 valence electrons.